The summed E-state index contributed by atoms with van der Waals surface area (Å²) >= 11 is 0. The smallest absolute Gasteiger partial charge is 0.312 e. The Labute approximate surface area is 381 Å². The number of nitrogens with zero attached hydrogens (tertiary/aromatic N) is 3. The molecule has 0 saturated carbocycles. The van der Waals surface area contributed by atoms with Crippen molar-refractivity contribution in [3.8, 4) is 11.5 Å². The Morgan fingerprint density at radius 1 is 1.02 bits per heavy atom. The van der Waals surface area contributed by atoms with Crippen LogP contribution in [0.2, 0.25) is 0 Å². The monoisotopic (exact) mass is 902 g/mol. The van der Waals surface area contributed by atoms with Crippen molar-refractivity contribution in [3.63, 3.8) is 0 Å². The molecule has 8 aliphatic rings. The number of hydrogen-bond acceptors (Lipinski definition) is 15. The van der Waals surface area contributed by atoms with E-state index in [9.17, 15) is 34.2 Å². The van der Waals surface area contributed by atoms with E-state index < -0.39 is 93.3 Å². The molecule has 1 aromatic rings. The number of methoxy groups -OCH3 is 1. The predicted octanol–water partition coefficient (Wildman–Crippen LogP) is 5.59. The molecule has 65 heavy (non-hydrogen) atoms. The number of ether oxygens (including phenoxy) is 5. The van der Waals surface area contributed by atoms with Gasteiger partial charge in [0.2, 0.25) is 5.78 Å². The molecule has 7 bridgehead atoms. The first-order valence-electron chi connectivity index (χ1n) is 22.7. The zero-order chi connectivity index (χ0) is 47.9. The number of nitrogens with one attached hydrogen (secondary N) is 1. The highest BCUT2D eigenvalue weighted by molar-refractivity contribution is 6.37. The van der Waals surface area contributed by atoms with Crippen LogP contribution in [-0.2, 0) is 28.5 Å². The van der Waals surface area contributed by atoms with Crippen LogP contribution >= 0.6 is 0 Å². The number of aromatic hydroxyl groups is 1. The fraction of sp³-hybridized carbons (Fsp3) is 0.592. The summed E-state index contributed by atoms with van der Waals surface area (Å²) in [4.78, 5) is 72.8. The van der Waals surface area contributed by atoms with Gasteiger partial charge >= 0.3 is 11.8 Å². The summed E-state index contributed by atoms with van der Waals surface area (Å²) in [5, 5.41) is 32.4. The Bertz CT molecular complexity index is 2240. The molecule has 16 heteroatoms. The lowest BCUT2D eigenvalue weighted by Crippen LogP contribution is -2.60. The van der Waals surface area contributed by atoms with Crippen molar-refractivity contribution in [2.24, 2.45) is 28.8 Å². The number of hydrogen-bond donors (Lipinski definition) is 3. The molecule has 0 radical (unpaired) electrons. The molecular weight excluding hydrogens is 837 g/mol. The van der Waals surface area contributed by atoms with Crippen LogP contribution in [0, 0.1) is 30.6 Å². The Morgan fingerprint density at radius 3 is 2.31 bits per heavy atom. The van der Waals surface area contributed by atoms with Gasteiger partial charge in [-0.15, -0.1) is 0 Å². The number of aliphatic hydroxyl groups excluding tert-OH is 1. The summed E-state index contributed by atoms with van der Waals surface area (Å²) in [6.45, 7) is 21.9. The number of phenols is 1. The third-order valence-corrected chi connectivity index (χ3v) is 14.2. The Morgan fingerprint density at radius 2 is 1.69 bits per heavy atom. The zero-order valence-electron chi connectivity index (χ0n) is 39.7. The van der Waals surface area contributed by atoms with Crippen molar-refractivity contribution in [1.82, 2.24) is 15.2 Å². The SMILES string of the molecule is CCCC(C)N1CCN(N=CC2=C3NC(=O)C(C)=CC=CC4(C)OC(C(C)C(O)C(C)C(OC(C)=O)C(C)C(OC)C=COC5(C)Oc6c(C)c(O)c(c(c6C5=O)C2=O)C3=O)C4C)CC1. The number of amides is 1. The van der Waals surface area contributed by atoms with Crippen molar-refractivity contribution in [3.05, 3.63) is 69.7 Å². The second kappa shape index (κ2) is 19.4. The number of rotatable bonds is 7. The lowest BCUT2D eigenvalue weighted by molar-refractivity contribution is -0.251. The highest BCUT2D eigenvalue weighted by Gasteiger charge is 2.54. The van der Waals surface area contributed by atoms with Crippen molar-refractivity contribution in [2.75, 3.05) is 33.3 Å². The molecule has 9 rings (SSSR count). The molecule has 1 aromatic carbocycles. The maximum atomic E-state index is 14.9. The number of Topliss-reactive ketones (excluding diaryl/α,β-unsaturated/α-hetero) is 3. The van der Waals surface area contributed by atoms with E-state index in [1.165, 1.54) is 46.4 Å². The van der Waals surface area contributed by atoms with E-state index in [4.69, 9.17) is 23.7 Å². The van der Waals surface area contributed by atoms with Crippen LogP contribution < -0.4 is 10.1 Å². The highest BCUT2D eigenvalue weighted by Crippen LogP contribution is 2.49. The molecule has 0 spiro atoms. The van der Waals surface area contributed by atoms with E-state index in [0.717, 1.165) is 25.9 Å². The molecule has 2 fully saturated rings. The summed E-state index contributed by atoms with van der Waals surface area (Å²) in [5.74, 6) is -8.22. The van der Waals surface area contributed by atoms with E-state index in [1.807, 2.05) is 26.8 Å². The van der Waals surface area contributed by atoms with Crippen molar-refractivity contribution < 1.29 is 57.9 Å². The first-order valence-corrected chi connectivity index (χ1v) is 22.7. The van der Waals surface area contributed by atoms with Gasteiger partial charge in [0.25, 0.3) is 11.7 Å². The molecule has 7 aliphatic heterocycles. The molecule has 1 amide bonds. The standard InChI is InChI=1S/C49H66N4O12/c1-13-15-26(3)52-19-21-53(22-20-52)50-24-33-38-42(58)36-35(41(33)57)37-45(30(7)40(36)56)65-49(11,46(37)59)62-23-17-34(61-12)27(4)43(63-32(9)54)28(5)39(55)29(6)44-31(8)48(10,64-44)18-14-16-25(2)47(60)51-38/h14,16-18,23-24,26-29,31,34,39,43-44,55-56H,13,15,19-22H2,1-12H3,(H,51,60). The fourth-order valence-corrected chi connectivity index (χ4v) is 9.76. The number of piperazine rings is 1. The van der Waals surface area contributed by atoms with Gasteiger partial charge in [0, 0.05) is 88.0 Å². The largest absolute Gasteiger partial charge is 0.507 e. The molecule has 2 saturated heterocycles. The van der Waals surface area contributed by atoms with Crippen molar-refractivity contribution in [2.45, 2.75) is 131 Å². The van der Waals surface area contributed by atoms with E-state index in [-0.39, 0.29) is 46.0 Å². The molecule has 3 N–H and O–H groups in total. The van der Waals surface area contributed by atoms with Gasteiger partial charge in [0.1, 0.15) is 23.3 Å². The van der Waals surface area contributed by atoms with Crippen molar-refractivity contribution in [1.29, 1.82) is 0 Å². The molecule has 11 atom stereocenters. The zero-order valence-corrected chi connectivity index (χ0v) is 39.7. The number of esters is 1. The molecule has 11 unspecified atom stereocenters. The number of hydrazone groups is 1. The van der Waals surface area contributed by atoms with Crippen LogP contribution in [0.3, 0.4) is 0 Å². The normalized spacial score (nSPS) is 33.0. The quantitative estimate of drug-likeness (QED) is 0.226. The van der Waals surface area contributed by atoms with E-state index >= 15 is 0 Å². The van der Waals surface area contributed by atoms with Gasteiger partial charge in [-0.2, -0.15) is 5.10 Å². The number of ketones is 3. The number of carbonyl (C=O) groups is 5. The van der Waals surface area contributed by atoms with Gasteiger partial charge in [0.15, 0.2) is 5.78 Å². The van der Waals surface area contributed by atoms with Gasteiger partial charge in [-0.05, 0) is 40.2 Å². The first kappa shape index (κ1) is 49.3. The molecule has 1 aliphatic carbocycles. The minimum Gasteiger partial charge on any atom is -0.507 e. The Balaban J connectivity index is 1.44. The minimum absolute atomic E-state index is 0.00253. The number of carbonyl (C=O) groups excluding carboxylic acids is 5. The van der Waals surface area contributed by atoms with Gasteiger partial charge in [-0.3, -0.25) is 33.9 Å². The van der Waals surface area contributed by atoms with Crippen LogP contribution in [0.1, 0.15) is 119 Å². The number of phenolic OH excluding ortho intramolecular Hbond substituents is 1. The summed E-state index contributed by atoms with van der Waals surface area (Å²) in [5.41, 5.74) is -2.39. The fourth-order valence-electron chi connectivity index (χ4n) is 9.76. The molecule has 7 heterocycles. The maximum Gasteiger partial charge on any atom is 0.312 e. The van der Waals surface area contributed by atoms with E-state index in [2.05, 4.69) is 29.2 Å². The third-order valence-electron chi connectivity index (χ3n) is 14.2. The molecular formula is C49H66N4O12. The second-order valence-electron chi connectivity index (χ2n) is 18.6. The minimum atomic E-state index is -2.08. The summed E-state index contributed by atoms with van der Waals surface area (Å²) in [7, 11) is 1.46. The Kier molecular flexibility index (Phi) is 14.7. The summed E-state index contributed by atoms with van der Waals surface area (Å²) < 4.78 is 30.2. The highest BCUT2D eigenvalue weighted by atomic mass is 16.7. The third kappa shape index (κ3) is 9.32. The van der Waals surface area contributed by atoms with Gasteiger partial charge in [-0.25, -0.2) is 0 Å². The average molecular weight is 903 g/mol. The van der Waals surface area contributed by atoms with Gasteiger partial charge in [-0.1, -0.05) is 59.3 Å². The van der Waals surface area contributed by atoms with Gasteiger partial charge < -0.3 is 39.2 Å². The topological polar surface area (TPSA) is 203 Å². The number of benzene rings is 1. The lowest BCUT2D eigenvalue weighted by Gasteiger charge is -2.54. The molecule has 354 valence electrons. The maximum absolute atomic E-state index is 14.9. The number of allylic oxidation sites excluding steroid dienone is 4. The molecule has 0 aromatic heterocycles. The van der Waals surface area contributed by atoms with E-state index in [1.54, 1.807) is 37.9 Å². The van der Waals surface area contributed by atoms with Crippen LogP contribution in [0.5, 0.6) is 11.5 Å². The Hall–Kier alpha value is -5.16. The van der Waals surface area contributed by atoms with Crippen LogP contribution in [0.4, 0.5) is 0 Å². The summed E-state index contributed by atoms with van der Waals surface area (Å²) in [6.07, 6.45) is 8.18. The van der Waals surface area contributed by atoms with Crippen molar-refractivity contribution >= 4 is 35.4 Å². The van der Waals surface area contributed by atoms with E-state index in [0.29, 0.717) is 19.1 Å². The van der Waals surface area contributed by atoms with Crippen LogP contribution in [0.15, 0.2) is 52.5 Å². The van der Waals surface area contributed by atoms with Gasteiger partial charge in [0.05, 0.1) is 58.7 Å². The van der Waals surface area contributed by atoms with Crippen LogP contribution in [0.25, 0.3) is 0 Å². The predicted molar refractivity (Wildman–Crippen MR) is 241 cm³/mol. The summed E-state index contributed by atoms with van der Waals surface area (Å²) in [6, 6.07) is 0.394. The van der Waals surface area contributed by atoms with Crippen LogP contribution in [-0.4, -0.2) is 131 Å². The number of aliphatic hydroxyl groups is 1. The average Bonchev–Trinajstić information content (AvgIpc) is 3.54. The lowest BCUT2D eigenvalue weighted by atomic mass is 9.70. The second-order valence-corrected chi connectivity index (χ2v) is 18.6. The first-order chi connectivity index (χ1) is 30.6. The molecule has 16 nitrogen and oxygen atoms in total.